The van der Waals surface area contributed by atoms with Crippen LogP contribution in [0.25, 0.3) is 0 Å². The van der Waals surface area contributed by atoms with Gasteiger partial charge in [-0.05, 0) is 54.7 Å². The van der Waals surface area contributed by atoms with Crippen molar-refractivity contribution < 1.29 is 5.11 Å². The van der Waals surface area contributed by atoms with Gasteiger partial charge in [0.2, 0.25) is 0 Å². The normalized spacial score (nSPS) is 11.3. The second-order valence-electron chi connectivity index (χ2n) is 5.58. The molecule has 0 aliphatic heterocycles. The van der Waals surface area contributed by atoms with Crippen molar-refractivity contribution in [3.63, 3.8) is 0 Å². The largest absolute Gasteiger partial charge is 0.508 e. The number of aryl methyl sites for hydroxylation is 1. The standard InChI is InChI=1S/C19H24ClN3O/c1-21-19(23-13-11-16-4-2-6-17(20)14-16)22-12-3-5-15-7-9-18(24)10-8-15/h2,4,6-10,14,24H,3,5,11-13H2,1H3,(H2,21,22,23). The molecule has 5 heteroatoms. The molecule has 2 rings (SSSR count). The second kappa shape index (κ2) is 9.83. The highest BCUT2D eigenvalue weighted by Crippen LogP contribution is 2.11. The molecule has 0 fully saturated rings. The number of phenols is 1. The van der Waals surface area contributed by atoms with Gasteiger partial charge in [0.25, 0.3) is 0 Å². The van der Waals surface area contributed by atoms with Crippen LogP contribution in [-0.4, -0.2) is 31.2 Å². The first-order valence-electron chi connectivity index (χ1n) is 8.14. The predicted octanol–water partition coefficient (Wildman–Crippen LogP) is 3.39. The van der Waals surface area contributed by atoms with Gasteiger partial charge in [-0.25, -0.2) is 0 Å². The van der Waals surface area contributed by atoms with Crippen LogP contribution in [0, 0.1) is 0 Å². The molecule has 2 aromatic rings. The highest BCUT2D eigenvalue weighted by molar-refractivity contribution is 6.30. The summed E-state index contributed by atoms with van der Waals surface area (Å²) in [6.07, 6.45) is 2.86. The van der Waals surface area contributed by atoms with Crippen molar-refractivity contribution in [2.45, 2.75) is 19.3 Å². The van der Waals surface area contributed by atoms with Crippen molar-refractivity contribution >= 4 is 17.6 Å². The van der Waals surface area contributed by atoms with E-state index in [1.807, 2.05) is 30.3 Å². The van der Waals surface area contributed by atoms with Gasteiger partial charge in [-0.2, -0.15) is 0 Å². The third kappa shape index (κ3) is 6.50. The number of rotatable bonds is 7. The first kappa shape index (κ1) is 18.1. The maximum atomic E-state index is 9.27. The molecule has 24 heavy (non-hydrogen) atoms. The van der Waals surface area contributed by atoms with Crippen LogP contribution in [0.1, 0.15) is 17.5 Å². The third-order valence-corrected chi connectivity index (χ3v) is 3.92. The van der Waals surface area contributed by atoms with E-state index in [1.54, 1.807) is 19.2 Å². The summed E-state index contributed by atoms with van der Waals surface area (Å²) >= 11 is 5.99. The first-order valence-corrected chi connectivity index (χ1v) is 8.52. The molecule has 0 bridgehead atoms. The van der Waals surface area contributed by atoms with Crippen LogP contribution >= 0.6 is 11.6 Å². The molecule has 0 aliphatic rings. The fourth-order valence-corrected chi connectivity index (χ4v) is 2.61. The maximum Gasteiger partial charge on any atom is 0.190 e. The molecule has 0 aromatic heterocycles. The SMILES string of the molecule is CN=C(NCCCc1ccc(O)cc1)NCCc1cccc(Cl)c1. The van der Waals surface area contributed by atoms with Gasteiger partial charge in [0.15, 0.2) is 5.96 Å². The Morgan fingerprint density at radius 1 is 1.00 bits per heavy atom. The van der Waals surface area contributed by atoms with E-state index in [1.165, 1.54) is 11.1 Å². The summed E-state index contributed by atoms with van der Waals surface area (Å²) in [4.78, 5) is 4.23. The zero-order valence-electron chi connectivity index (χ0n) is 13.9. The summed E-state index contributed by atoms with van der Waals surface area (Å²) < 4.78 is 0. The van der Waals surface area contributed by atoms with Crippen molar-refractivity contribution in [2.24, 2.45) is 4.99 Å². The number of hydrogen-bond acceptors (Lipinski definition) is 2. The molecule has 0 saturated carbocycles. The quantitative estimate of drug-likeness (QED) is 0.409. The molecule has 0 amide bonds. The van der Waals surface area contributed by atoms with Gasteiger partial charge in [-0.1, -0.05) is 35.9 Å². The zero-order chi connectivity index (χ0) is 17.2. The fraction of sp³-hybridized carbons (Fsp3) is 0.316. The van der Waals surface area contributed by atoms with Gasteiger partial charge in [0, 0.05) is 25.2 Å². The van der Waals surface area contributed by atoms with E-state index in [4.69, 9.17) is 11.6 Å². The topological polar surface area (TPSA) is 56.7 Å². The van der Waals surface area contributed by atoms with Crippen molar-refractivity contribution in [3.8, 4) is 5.75 Å². The third-order valence-electron chi connectivity index (χ3n) is 3.69. The zero-order valence-corrected chi connectivity index (χ0v) is 14.7. The summed E-state index contributed by atoms with van der Waals surface area (Å²) in [5.74, 6) is 1.11. The van der Waals surface area contributed by atoms with Crippen molar-refractivity contribution in [3.05, 3.63) is 64.7 Å². The molecule has 2 aromatic carbocycles. The first-order chi connectivity index (χ1) is 11.7. The molecule has 0 unspecified atom stereocenters. The summed E-state index contributed by atoms with van der Waals surface area (Å²) in [6.45, 7) is 1.65. The van der Waals surface area contributed by atoms with E-state index >= 15 is 0 Å². The number of aromatic hydroxyl groups is 1. The van der Waals surface area contributed by atoms with Crippen LogP contribution in [0.15, 0.2) is 53.5 Å². The average Bonchev–Trinajstić information content (AvgIpc) is 2.58. The number of halogens is 1. The Morgan fingerprint density at radius 3 is 2.46 bits per heavy atom. The number of guanidine groups is 1. The van der Waals surface area contributed by atoms with Gasteiger partial charge in [0.05, 0.1) is 0 Å². The molecule has 0 radical (unpaired) electrons. The highest BCUT2D eigenvalue weighted by atomic mass is 35.5. The van der Waals surface area contributed by atoms with Gasteiger partial charge < -0.3 is 15.7 Å². The molecule has 0 heterocycles. The molecule has 0 spiro atoms. The molecule has 0 saturated heterocycles. The van der Waals surface area contributed by atoms with Crippen LogP contribution in [0.3, 0.4) is 0 Å². The molecular formula is C19H24ClN3O. The number of nitrogens with one attached hydrogen (secondary N) is 2. The van der Waals surface area contributed by atoms with E-state index in [0.29, 0.717) is 5.75 Å². The highest BCUT2D eigenvalue weighted by Gasteiger charge is 1.99. The molecule has 0 aliphatic carbocycles. The van der Waals surface area contributed by atoms with Crippen LogP contribution in [0.5, 0.6) is 5.75 Å². The van der Waals surface area contributed by atoms with E-state index in [9.17, 15) is 5.11 Å². The van der Waals surface area contributed by atoms with E-state index in [2.05, 4.69) is 21.7 Å². The van der Waals surface area contributed by atoms with Gasteiger partial charge in [-0.15, -0.1) is 0 Å². The van der Waals surface area contributed by atoms with E-state index < -0.39 is 0 Å². The summed E-state index contributed by atoms with van der Waals surface area (Å²) in [5, 5.41) is 16.7. The van der Waals surface area contributed by atoms with Crippen LogP contribution in [-0.2, 0) is 12.8 Å². The van der Waals surface area contributed by atoms with Crippen LogP contribution in [0.2, 0.25) is 5.02 Å². The van der Waals surface area contributed by atoms with Crippen molar-refractivity contribution in [1.29, 1.82) is 0 Å². The van der Waals surface area contributed by atoms with E-state index in [-0.39, 0.29) is 0 Å². The Balaban J connectivity index is 1.64. The van der Waals surface area contributed by atoms with Crippen LogP contribution in [0.4, 0.5) is 0 Å². The molecular weight excluding hydrogens is 322 g/mol. The molecule has 0 atom stereocenters. The summed E-state index contributed by atoms with van der Waals surface area (Å²) in [6, 6.07) is 15.2. The Labute approximate surface area is 148 Å². The lowest BCUT2D eigenvalue weighted by molar-refractivity contribution is 0.475. The van der Waals surface area contributed by atoms with Crippen LogP contribution < -0.4 is 10.6 Å². The molecule has 4 nitrogen and oxygen atoms in total. The fourth-order valence-electron chi connectivity index (χ4n) is 2.40. The van der Waals surface area contributed by atoms with Gasteiger partial charge in [0.1, 0.15) is 5.75 Å². The van der Waals surface area contributed by atoms with Crippen molar-refractivity contribution in [1.82, 2.24) is 10.6 Å². The average molecular weight is 346 g/mol. The minimum absolute atomic E-state index is 0.307. The number of aliphatic imine (C=N–C) groups is 1. The van der Waals surface area contributed by atoms with Gasteiger partial charge in [-0.3, -0.25) is 4.99 Å². The Morgan fingerprint density at radius 2 is 1.75 bits per heavy atom. The number of hydrogen-bond donors (Lipinski definition) is 3. The Bertz CT molecular complexity index is 656. The number of benzene rings is 2. The minimum atomic E-state index is 0.307. The second-order valence-corrected chi connectivity index (χ2v) is 6.01. The van der Waals surface area contributed by atoms with Crippen molar-refractivity contribution in [2.75, 3.05) is 20.1 Å². The van der Waals surface area contributed by atoms with Gasteiger partial charge >= 0.3 is 0 Å². The Hall–Kier alpha value is -2.20. The molecule has 3 N–H and O–H groups in total. The lowest BCUT2D eigenvalue weighted by Gasteiger charge is -2.12. The predicted molar refractivity (Wildman–Crippen MR) is 101 cm³/mol. The Kier molecular flexibility index (Phi) is 7.43. The lowest BCUT2D eigenvalue weighted by Crippen LogP contribution is -2.38. The van der Waals surface area contributed by atoms with E-state index in [0.717, 1.165) is 43.3 Å². The number of nitrogens with zero attached hydrogens (tertiary/aromatic N) is 1. The monoisotopic (exact) mass is 345 g/mol. The maximum absolute atomic E-state index is 9.27. The minimum Gasteiger partial charge on any atom is -0.508 e. The smallest absolute Gasteiger partial charge is 0.190 e. The number of phenolic OH excluding ortho intramolecular Hbond substituents is 1. The summed E-state index contributed by atoms with van der Waals surface area (Å²) in [5.41, 5.74) is 2.43. The summed E-state index contributed by atoms with van der Waals surface area (Å²) in [7, 11) is 1.77. The molecule has 128 valence electrons. The lowest BCUT2D eigenvalue weighted by atomic mass is 10.1.